The smallest absolute Gasteiger partial charge is 0.270 e. The number of hydrogen-bond donors (Lipinski definition) is 1. The van der Waals surface area contributed by atoms with E-state index < -0.39 is 4.92 Å². The second-order valence-corrected chi connectivity index (χ2v) is 11.0. The Morgan fingerprint density at radius 3 is 2.49 bits per heavy atom. The molecule has 0 aromatic heterocycles. The summed E-state index contributed by atoms with van der Waals surface area (Å²) in [6.07, 6.45) is 1.67. The third-order valence-corrected chi connectivity index (χ3v) is 7.77. The molecule has 0 atom stereocenters. The van der Waals surface area contributed by atoms with Crippen LogP contribution >= 0.6 is 39.9 Å². The molecule has 200 valence electrons. The summed E-state index contributed by atoms with van der Waals surface area (Å²) in [6.45, 7) is 3.72. The van der Waals surface area contributed by atoms with E-state index in [9.17, 15) is 19.7 Å². The number of amides is 2. The van der Waals surface area contributed by atoms with E-state index in [0.717, 1.165) is 27.4 Å². The van der Waals surface area contributed by atoms with E-state index in [4.69, 9.17) is 21.7 Å². The largest absolute Gasteiger partial charge is 0.493 e. The fourth-order valence-electron chi connectivity index (χ4n) is 3.66. The number of carbonyl (C=O) groups is 2. The molecule has 0 saturated carbocycles. The van der Waals surface area contributed by atoms with Gasteiger partial charge in [0.05, 0.1) is 28.3 Å². The average Bonchev–Trinajstić information content (AvgIpc) is 3.18. The van der Waals surface area contributed by atoms with Crippen molar-refractivity contribution in [2.24, 2.45) is 0 Å². The molecule has 1 N–H and O–H groups in total. The molecular formula is C27H22BrN3O6S2. The van der Waals surface area contributed by atoms with Crippen molar-refractivity contribution in [1.29, 1.82) is 0 Å². The molecule has 0 radical (unpaired) electrons. The monoisotopic (exact) mass is 627 g/mol. The van der Waals surface area contributed by atoms with Crippen LogP contribution in [0.4, 0.5) is 17.1 Å². The maximum Gasteiger partial charge on any atom is 0.270 e. The number of nitro groups is 1. The number of anilines is 2. The lowest BCUT2D eigenvalue weighted by Gasteiger charge is -2.14. The van der Waals surface area contributed by atoms with Gasteiger partial charge in [-0.15, -0.1) is 0 Å². The summed E-state index contributed by atoms with van der Waals surface area (Å²) in [5.41, 5.74) is 3.83. The van der Waals surface area contributed by atoms with E-state index in [-0.39, 0.29) is 24.1 Å². The van der Waals surface area contributed by atoms with E-state index in [1.54, 1.807) is 24.3 Å². The standard InChI is InChI=1S/C27H22BrN3O6S2/c1-15-10-20(28)21(11-16(15)2)29-25(32)14-37-22-9-4-17(12-23(22)36-3)13-24-26(33)30(27(38)39-24)18-5-7-19(8-6-18)31(34)35/h4-13H,14H2,1-3H3,(H,29,32)/b24-13-. The number of aryl methyl sites for hydroxylation is 2. The van der Waals surface area contributed by atoms with Crippen molar-refractivity contribution in [3.63, 3.8) is 0 Å². The number of thiocarbonyl (C=S) groups is 1. The summed E-state index contributed by atoms with van der Waals surface area (Å²) in [7, 11) is 1.48. The van der Waals surface area contributed by atoms with Gasteiger partial charge in [0.2, 0.25) is 0 Å². The van der Waals surface area contributed by atoms with Crippen molar-refractivity contribution in [2.45, 2.75) is 13.8 Å². The average molecular weight is 629 g/mol. The van der Waals surface area contributed by atoms with Crippen LogP contribution in [0.25, 0.3) is 6.08 Å². The number of nitrogens with one attached hydrogen (secondary N) is 1. The zero-order valence-corrected chi connectivity index (χ0v) is 24.2. The van der Waals surface area contributed by atoms with Gasteiger partial charge < -0.3 is 14.8 Å². The normalized spacial score (nSPS) is 14.1. The minimum atomic E-state index is -0.509. The van der Waals surface area contributed by atoms with Gasteiger partial charge >= 0.3 is 0 Å². The summed E-state index contributed by atoms with van der Waals surface area (Å²) in [5, 5.41) is 13.8. The zero-order chi connectivity index (χ0) is 28.3. The SMILES string of the molecule is COc1cc(/C=C2\SC(=S)N(c3ccc([N+](=O)[O-])cc3)C2=O)ccc1OCC(=O)Nc1cc(C)c(C)cc1Br. The fraction of sp³-hybridized carbons (Fsp3) is 0.148. The Hall–Kier alpha value is -3.74. The molecule has 1 fully saturated rings. The highest BCUT2D eigenvalue weighted by molar-refractivity contribution is 9.10. The molecule has 3 aromatic carbocycles. The summed E-state index contributed by atoms with van der Waals surface area (Å²) in [6, 6.07) is 14.5. The van der Waals surface area contributed by atoms with Gasteiger partial charge in [-0.2, -0.15) is 0 Å². The van der Waals surface area contributed by atoms with Crippen LogP contribution < -0.4 is 19.7 Å². The van der Waals surface area contributed by atoms with E-state index in [2.05, 4.69) is 21.2 Å². The lowest BCUT2D eigenvalue weighted by Crippen LogP contribution is -2.27. The number of benzene rings is 3. The number of rotatable bonds is 8. The highest BCUT2D eigenvalue weighted by Gasteiger charge is 2.33. The third-order valence-electron chi connectivity index (χ3n) is 5.81. The zero-order valence-electron chi connectivity index (χ0n) is 21.0. The molecule has 1 aliphatic rings. The number of non-ortho nitro benzene ring substituents is 1. The Balaban J connectivity index is 1.45. The van der Waals surface area contributed by atoms with Gasteiger partial charge in [0, 0.05) is 16.6 Å². The maximum atomic E-state index is 13.1. The van der Waals surface area contributed by atoms with Crippen LogP contribution in [0.2, 0.25) is 0 Å². The van der Waals surface area contributed by atoms with Crippen LogP contribution in [0.1, 0.15) is 16.7 Å². The topological polar surface area (TPSA) is 111 Å². The second kappa shape index (κ2) is 12.0. The van der Waals surface area contributed by atoms with Crippen LogP contribution in [0.3, 0.4) is 0 Å². The van der Waals surface area contributed by atoms with Crippen LogP contribution in [-0.2, 0) is 9.59 Å². The van der Waals surface area contributed by atoms with E-state index in [1.807, 2.05) is 26.0 Å². The van der Waals surface area contributed by atoms with Crippen LogP contribution in [-0.4, -0.2) is 34.8 Å². The van der Waals surface area contributed by atoms with Gasteiger partial charge in [0.15, 0.2) is 22.4 Å². The second-order valence-electron chi connectivity index (χ2n) is 8.45. The number of thioether (sulfide) groups is 1. The van der Waals surface area contributed by atoms with Gasteiger partial charge in [-0.05, 0) is 88.9 Å². The summed E-state index contributed by atoms with van der Waals surface area (Å²) in [5.74, 6) is 0.0736. The Labute approximate surface area is 242 Å². The van der Waals surface area contributed by atoms with Crippen molar-refractivity contribution >= 4 is 79.2 Å². The number of methoxy groups -OCH3 is 1. The van der Waals surface area contributed by atoms with Crippen LogP contribution in [0.5, 0.6) is 11.5 Å². The molecule has 3 aromatic rings. The van der Waals surface area contributed by atoms with Gasteiger partial charge in [-0.25, -0.2) is 0 Å². The Bertz CT molecular complexity index is 1520. The van der Waals surface area contributed by atoms with Crippen LogP contribution in [0.15, 0.2) is 64.0 Å². The number of ether oxygens (including phenoxy) is 2. The minimum Gasteiger partial charge on any atom is -0.493 e. The number of nitrogens with zero attached hydrogens (tertiary/aromatic N) is 2. The molecule has 12 heteroatoms. The molecule has 39 heavy (non-hydrogen) atoms. The van der Waals surface area contributed by atoms with E-state index >= 15 is 0 Å². The van der Waals surface area contributed by atoms with Gasteiger partial charge in [-0.1, -0.05) is 30.0 Å². The molecule has 1 saturated heterocycles. The highest BCUT2D eigenvalue weighted by Crippen LogP contribution is 2.37. The van der Waals surface area contributed by atoms with Crippen molar-refractivity contribution in [2.75, 3.05) is 23.9 Å². The summed E-state index contributed by atoms with van der Waals surface area (Å²) >= 11 is 9.97. The maximum absolute atomic E-state index is 13.1. The molecule has 0 spiro atoms. The van der Waals surface area contributed by atoms with Crippen LogP contribution in [0, 0.1) is 24.0 Å². The molecular weight excluding hydrogens is 606 g/mol. The van der Waals surface area contributed by atoms with Gasteiger partial charge in [0.25, 0.3) is 17.5 Å². The minimum absolute atomic E-state index is 0.0789. The fourth-order valence-corrected chi connectivity index (χ4v) is 5.52. The molecule has 1 heterocycles. The van der Waals surface area contributed by atoms with Gasteiger partial charge in [-0.3, -0.25) is 24.6 Å². The lowest BCUT2D eigenvalue weighted by molar-refractivity contribution is -0.384. The molecule has 0 unspecified atom stereocenters. The van der Waals surface area contributed by atoms with Crippen molar-refractivity contribution in [3.05, 3.63) is 90.8 Å². The molecule has 0 aliphatic carbocycles. The first-order valence-electron chi connectivity index (χ1n) is 11.5. The lowest BCUT2D eigenvalue weighted by atomic mass is 10.1. The molecule has 0 bridgehead atoms. The Morgan fingerprint density at radius 1 is 1.13 bits per heavy atom. The summed E-state index contributed by atoms with van der Waals surface area (Å²) < 4.78 is 12.2. The first kappa shape index (κ1) is 28.3. The Morgan fingerprint density at radius 2 is 1.82 bits per heavy atom. The van der Waals surface area contributed by atoms with Crippen molar-refractivity contribution in [1.82, 2.24) is 0 Å². The predicted molar refractivity (Wildman–Crippen MR) is 159 cm³/mol. The predicted octanol–water partition coefficient (Wildman–Crippen LogP) is 6.41. The molecule has 9 nitrogen and oxygen atoms in total. The quantitative estimate of drug-likeness (QED) is 0.132. The molecule has 1 aliphatic heterocycles. The highest BCUT2D eigenvalue weighted by atomic mass is 79.9. The molecule has 4 rings (SSSR count). The van der Waals surface area contributed by atoms with Crippen molar-refractivity contribution < 1.29 is 24.0 Å². The number of nitro benzene ring substituents is 1. The first-order chi connectivity index (χ1) is 18.6. The number of carbonyl (C=O) groups excluding carboxylic acids is 2. The first-order valence-corrected chi connectivity index (χ1v) is 13.5. The van der Waals surface area contributed by atoms with Gasteiger partial charge in [0.1, 0.15) is 0 Å². The van der Waals surface area contributed by atoms with E-state index in [0.29, 0.717) is 37.7 Å². The number of hydrogen-bond acceptors (Lipinski definition) is 8. The third kappa shape index (κ3) is 6.47. The Kier molecular flexibility index (Phi) is 8.68. The van der Waals surface area contributed by atoms with Crippen molar-refractivity contribution in [3.8, 4) is 11.5 Å². The number of halogens is 1. The summed E-state index contributed by atoms with van der Waals surface area (Å²) in [4.78, 5) is 37.7. The molecule has 2 amide bonds. The van der Waals surface area contributed by atoms with E-state index in [1.165, 1.54) is 36.3 Å².